The number of nitrogens with one attached hydrogen (secondary N) is 1. The smallest absolute Gasteiger partial charge is 0.178 e. The highest BCUT2D eigenvalue weighted by Gasteiger charge is 2.07. The Morgan fingerprint density at radius 2 is 2.00 bits per heavy atom. The molecule has 0 saturated heterocycles. The van der Waals surface area contributed by atoms with E-state index < -0.39 is 0 Å². The Labute approximate surface area is 119 Å². The van der Waals surface area contributed by atoms with Gasteiger partial charge in [0.25, 0.3) is 0 Å². The average Bonchev–Trinajstić information content (AvgIpc) is 2.69. The summed E-state index contributed by atoms with van der Waals surface area (Å²) in [6.07, 6.45) is 0. The van der Waals surface area contributed by atoms with E-state index >= 15 is 0 Å². The van der Waals surface area contributed by atoms with Gasteiger partial charge in [-0.15, -0.1) is 0 Å². The van der Waals surface area contributed by atoms with Crippen molar-refractivity contribution >= 4 is 34.9 Å². The maximum absolute atomic E-state index is 13.4. The summed E-state index contributed by atoms with van der Waals surface area (Å²) in [5.41, 5.74) is 2.51. The van der Waals surface area contributed by atoms with Crippen LogP contribution in [-0.4, -0.2) is 9.55 Å². The number of hydrogen-bond donors (Lipinski definition) is 1. The number of benzene rings is 2. The lowest BCUT2D eigenvalue weighted by atomic mass is 10.2. The summed E-state index contributed by atoms with van der Waals surface area (Å²) in [6.45, 7) is 0.516. The van der Waals surface area contributed by atoms with Crippen LogP contribution in [0.3, 0.4) is 0 Å². The Hall–Kier alpha value is -1.65. The van der Waals surface area contributed by atoms with Crippen LogP contribution in [0.25, 0.3) is 11.0 Å². The third-order valence-corrected chi connectivity index (χ3v) is 3.71. The normalized spacial score (nSPS) is 11.1. The summed E-state index contributed by atoms with van der Waals surface area (Å²) >= 11 is 11.4. The van der Waals surface area contributed by atoms with E-state index in [2.05, 4.69) is 4.98 Å². The fourth-order valence-electron chi connectivity index (χ4n) is 2.08. The van der Waals surface area contributed by atoms with Crippen LogP contribution in [-0.2, 0) is 6.54 Å². The third-order valence-electron chi connectivity index (χ3n) is 3.02. The van der Waals surface area contributed by atoms with Crippen molar-refractivity contribution in [3.63, 3.8) is 0 Å². The summed E-state index contributed by atoms with van der Waals surface area (Å²) in [5, 5.41) is 0.676. The molecule has 2 nitrogen and oxygen atoms in total. The van der Waals surface area contributed by atoms with E-state index in [0.29, 0.717) is 16.3 Å². The molecule has 1 aromatic heterocycles. The van der Waals surface area contributed by atoms with Gasteiger partial charge in [0.2, 0.25) is 0 Å². The SMILES string of the molecule is Fc1ccc2[nH]c(=S)n(Cc3ccccc3Cl)c2c1. The van der Waals surface area contributed by atoms with Crippen LogP contribution < -0.4 is 0 Å². The lowest BCUT2D eigenvalue weighted by Gasteiger charge is -2.06. The number of halogens is 2. The minimum atomic E-state index is -0.283. The van der Waals surface area contributed by atoms with Crippen LogP contribution in [0.15, 0.2) is 42.5 Å². The van der Waals surface area contributed by atoms with E-state index in [1.807, 2.05) is 28.8 Å². The molecular formula is C14H10ClFN2S. The Kier molecular flexibility index (Phi) is 3.12. The molecular weight excluding hydrogens is 283 g/mol. The Bertz CT molecular complexity index is 807. The van der Waals surface area contributed by atoms with Crippen molar-refractivity contribution in [1.29, 1.82) is 0 Å². The van der Waals surface area contributed by atoms with E-state index in [1.165, 1.54) is 12.1 Å². The molecule has 3 rings (SSSR count). The number of nitrogens with zero attached hydrogens (tertiary/aromatic N) is 1. The quantitative estimate of drug-likeness (QED) is 0.688. The molecule has 0 aliphatic carbocycles. The lowest BCUT2D eigenvalue weighted by molar-refractivity contribution is 0.628. The van der Waals surface area contributed by atoms with Gasteiger partial charge in [-0.05, 0) is 42.0 Å². The van der Waals surface area contributed by atoms with Crippen molar-refractivity contribution in [3.05, 3.63) is 63.6 Å². The molecule has 19 heavy (non-hydrogen) atoms. The number of hydrogen-bond acceptors (Lipinski definition) is 1. The van der Waals surface area contributed by atoms with E-state index in [-0.39, 0.29) is 5.82 Å². The van der Waals surface area contributed by atoms with Crippen LogP contribution in [0.5, 0.6) is 0 Å². The number of imidazole rings is 1. The number of fused-ring (bicyclic) bond motifs is 1. The zero-order chi connectivity index (χ0) is 13.4. The van der Waals surface area contributed by atoms with E-state index in [0.717, 1.165) is 16.6 Å². The zero-order valence-corrected chi connectivity index (χ0v) is 11.4. The molecule has 0 radical (unpaired) electrons. The number of H-pyrrole nitrogens is 1. The largest absolute Gasteiger partial charge is 0.331 e. The van der Waals surface area contributed by atoms with E-state index in [1.54, 1.807) is 6.07 Å². The first kappa shape index (κ1) is 12.4. The fourth-order valence-corrected chi connectivity index (χ4v) is 2.55. The fraction of sp³-hybridized carbons (Fsp3) is 0.0714. The molecule has 0 spiro atoms. The summed E-state index contributed by atoms with van der Waals surface area (Å²) in [6, 6.07) is 12.1. The first-order chi connectivity index (χ1) is 9.15. The summed E-state index contributed by atoms with van der Waals surface area (Å²) in [4.78, 5) is 3.06. The van der Waals surface area contributed by atoms with Crippen LogP contribution in [0.4, 0.5) is 4.39 Å². The van der Waals surface area contributed by atoms with Gasteiger partial charge >= 0.3 is 0 Å². The highest BCUT2D eigenvalue weighted by Crippen LogP contribution is 2.21. The van der Waals surface area contributed by atoms with Crippen molar-refractivity contribution in [1.82, 2.24) is 9.55 Å². The van der Waals surface area contributed by atoms with E-state index in [4.69, 9.17) is 23.8 Å². The van der Waals surface area contributed by atoms with Gasteiger partial charge in [-0.2, -0.15) is 0 Å². The van der Waals surface area contributed by atoms with Crippen LogP contribution in [0, 0.1) is 10.6 Å². The molecule has 0 unspecified atom stereocenters. The minimum Gasteiger partial charge on any atom is -0.331 e. The molecule has 1 N–H and O–H groups in total. The molecule has 0 bridgehead atoms. The summed E-state index contributed by atoms with van der Waals surface area (Å²) in [7, 11) is 0. The van der Waals surface area contributed by atoms with Crippen LogP contribution in [0.1, 0.15) is 5.56 Å². The average molecular weight is 293 g/mol. The molecule has 0 amide bonds. The van der Waals surface area contributed by atoms with Gasteiger partial charge in [-0.1, -0.05) is 29.8 Å². The van der Waals surface area contributed by atoms with Gasteiger partial charge in [0.15, 0.2) is 4.77 Å². The highest BCUT2D eigenvalue weighted by molar-refractivity contribution is 7.71. The zero-order valence-electron chi connectivity index (χ0n) is 9.86. The number of aromatic amines is 1. The van der Waals surface area contributed by atoms with Crippen LogP contribution in [0.2, 0.25) is 5.02 Å². The number of rotatable bonds is 2. The maximum Gasteiger partial charge on any atom is 0.178 e. The molecule has 0 saturated carbocycles. The van der Waals surface area contributed by atoms with Gasteiger partial charge in [0.05, 0.1) is 17.6 Å². The predicted molar refractivity (Wildman–Crippen MR) is 77.6 cm³/mol. The second kappa shape index (κ2) is 4.79. The van der Waals surface area contributed by atoms with Gasteiger partial charge in [0, 0.05) is 5.02 Å². The second-order valence-corrected chi connectivity index (χ2v) is 5.06. The van der Waals surface area contributed by atoms with Gasteiger partial charge < -0.3 is 9.55 Å². The molecule has 3 aromatic rings. The highest BCUT2D eigenvalue weighted by atomic mass is 35.5. The van der Waals surface area contributed by atoms with Crippen molar-refractivity contribution < 1.29 is 4.39 Å². The van der Waals surface area contributed by atoms with Crippen molar-refractivity contribution in [2.75, 3.05) is 0 Å². The maximum atomic E-state index is 13.4. The third kappa shape index (κ3) is 2.29. The summed E-state index contributed by atoms with van der Waals surface area (Å²) < 4.78 is 15.8. The second-order valence-electron chi connectivity index (χ2n) is 4.27. The molecule has 0 fully saturated rings. The lowest BCUT2D eigenvalue weighted by Crippen LogP contribution is -2.00. The number of aromatic nitrogens is 2. The van der Waals surface area contributed by atoms with Crippen molar-refractivity contribution in [2.45, 2.75) is 6.54 Å². The van der Waals surface area contributed by atoms with E-state index in [9.17, 15) is 4.39 Å². The Morgan fingerprint density at radius 1 is 1.21 bits per heavy atom. The Balaban J connectivity index is 2.15. The Morgan fingerprint density at radius 3 is 2.79 bits per heavy atom. The predicted octanol–water partition coefficient (Wildman–Crippen LogP) is 4.54. The van der Waals surface area contributed by atoms with Gasteiger partial charge in [-0.3, -0.25) is 0 Å². The molecule has 2 aromatic carbocycles. The standard InChI is InChI=1S/C14H10ClFN2S/c15-11-4-2-1-3-9(11)8-18-13-7-10(16)5-6-12(13)17-14(18)19/h1-7H,8H2,(H,17,19). The molecule has 0 atom stereocenters. The van der Waals surface area contributed by atoms with Crippen LogP contribution >= 0.6 is 23.8 Å². The minimum absolute atomic E-state index is 0.283. The van der Waals surface area contributed by atoms with Crippen molar-refractivity contribution in [3.8, 4) is 0 Å². The van der Waals surface area contributed by atoms with Gasteiger partial charge in [0.1, 0.15) is 5.82 Å². The molecule has 1 heterocycles. The molecule has 5 heteroatoms. The summed E-state index contributed by atoms with van der Waals surface area (Å²) in [5.74, 6) is -0.283. The molecule has 0 aliphatic heterocycles. The monoisotopic (exact) mass is 292 g/mol. The first-order valence-corrected chi connectivity index (χ1v) is 6.55. The van der Waals surface area contributed by atoms with Crippen molar-refractivity contribution in [2.24, 2.45) is 0 Å². The topological polar surface area (TPSA) is 20.7 Å². The molecule has 0 aliphatic rings. The first-order valence-electron chi connectivity index (χ1n) is 5.76. The van der Waals surface area contributed by atoms with Gasteiger partial charge in [-0.25, -0.2) is 4.39 Å². The molecule has 96 valence electrons.